The average molecular weight is 465 g/mol. The predicted octanol–water partition coefficient (Wildman–Crippen LogP) is 1.56. The van der Waals surface area contributed by atoms with Gasteiger partial charge in [-0.15, -0.1) is 0 Å². The van der Waals surface area contributed by atoms with Gasteiger partial charge in [0.1, 0.15) is 6.04 Å². The molecule has 1 atom stereocenters. The summed E-state index contributed by atoms with van der Waals surface area (Å²) in [5.41, 5.74) is 1.80. The highest BCUT2D eigenvalue weighted by Crippen LogP contribution is 2.12. The first-order chi connectivity index (χ1) is 14.7. The van der Waals surface area contributed by atoms with Gasteiger partial charge in [0.05, 0.1) is 11.4 Å². The minimum atomic E-state index is -3.87. The van der Waals surface area contributed by atoms with Crippen LogP contribution in [0.5, 0.6) is 0 Å². The van der Waals surface area contributed by atoms with E-state index in [-0.39, 0.29) is 17.3 Å². The molecule has 2 N–H and O–H groups in total. The van der Waals surface area contributed by atoms with Gasteiger partial charge in [-0.3, -0.25) is 14.6 Å². The van der Waals surface area contributed by atoms with Crippen LogP contribution in [0.15, 0.2) is 53.7 Å². The summed E-state index contributed by atoms with van der Waals surface area (Å²) in [5.74, 6) is -0.237. The molecular formula is C21H28N4O4S2. The van der Waals surface area contributed by atoms with Gasteiger partial charge in [0.15, 0.2) is 0 Å². The van der Waals surface area contributed by atoms with E-state index in [2.05, 4.69) is 15.0 Å². The van der Waals surface area contributed by atoms with Crippen molar-refractivity contribution in [1.82, 2.24) is 19.9 Å². The number of amides is 2. The summed E-state index contributed by atoms with van der Waals surface area (Å²) in [6.45, 7) is 2.00. The Hall–Kier alpha value is -2.43. The van der Waals surface area contributed by atoms with E-state index in [0.717, 1.165) is 11.1 Å². The summed E-state index contributed by atoms with van der Waals surface area (Å²) in [7, 11) is -2.24. The molecule has 0 unspecified atom stereocenters. The van der Waals surface area contributed by atoms with Crippen molar-refractivity contribution in [1.29, 1.82) is 0 Å². The van der Waals surface area contributed by atoms with Gasteiger partial charge in [-0.2, -0.15) is 16.5 Å². The monoisotopic (exact) mass is 464 g/mol. The number of carbonyl (C=O) groups excluding carboxylic acids is 2. The highest BCUT2D eigenvalue weighted by molar-refractivity contribution is 7.98. The van der Waals surface area contributed by atoms with E-state index in [1.54, 1.807) is 37.6 Å². The van der Waals surface area contributed by atoms with E-state index in [1.165, 1.54) is 28.8 Å². The van der Waals surface area contributed by atoms with E-state index in [9.17, 15) is 18.0 Å². The summed E-state index contributed by atoms with van der Waals surface area (Å²) in [6.07, 6.45) is 5.50. The molecule has 0 saturated carbocycles. The summed E-state index contributed by atoms with van der Waals surface area (Å²) >= 11 is 1.51. The summed E-state index contributed by atoms with van der Waals surface area (Å²) in [4.78, 5) is 30.6. The molecule has 0 aliphatic carbocycles. The fourth-order valence-electron chi connectivity index (χ4n) is 2.73. The van der Waals surface area contributed by atoms with Crippen molar-refractivity contribution in [2.45, 2.75) is 30.8 Å². The minimum Gasteiger partial charge on any atom is -0.346 e. The highest BCUT2D eigenvalue weighted by Gasteiger charge is 2.26. The lowest BCUT2D eigenvalue weighted by Crippen LogP contribution is -2.49. The first kappa shape index (κ1) is 24.8. The summed E-state index contributed by atoms with van der Waals surface area (Å²) < 4.78 is 27.9. The number of hydrogen-bond donors (Lipinski definition) is 2. The number of aryl methyl sites for hydroxylation is 1. The maximum absolute atomic E-state index is 12.7. The Morgan fingerprint density at radius 2 is 1.90 bits per heavy atom. The van der Waals surface area contributed by atoms with E-state index in [4.69, 9.17) is 0 Å². The molecule has 0 aliphatic heterocycles. The van der Waals surface area contributed by atoms with Crippen molar-refractivity contribution in [3.05, 3.63) is 59.9 Å². The molecule has 168 valence electrons. The molecule has 2 amide bonds. The Bertz CT molecular complexity index is 967. The molecule has 0 saturated heterocycles. The Kier molecular flexibility index (Phi) is 9.47. The molecule has 2 rings (SSSR count). The summed E-state index contributed by atoms with van der Waals surface area (Å²) in [5, 5.41) is 2.56. The Morgan fingerprint density at radius 3 is 2.52 bits per heavy atom. The molecule has 10 heteroatoms. The van der Waals surface area contributed by atoms with Crippen molar-refractivity contribution < 1.29 is 18.0 Å². The lowest BCUT2D eigenvalue weighted by atomic mass is 10.2. The first-order valence-corrected chi connectivity index (χ1v) is 12.6. The van der Waals surface area contributed by atoms with Crippen LogP contribution in [0.3, 0.4) is 0 Å². The van der Waals surface area contributed by atoms with Gasteiger partial charge in [0.2, 0.25) is 21.8 Å². The number of aromatic nitrogens is 1. The molecule has 1 aromatic carbocycles. The zero-order valence-electron chi connectivity index (χ0n) is 17.9. The van der Waals surface area contributed by atoms with Crippen LogP contribution in [0, 0.1) is 6.92 Å². The Labute approximate surface area is 187 Å². The third-order valence-electron chi connectivity index (χ3n) is 4.54. The van der Waals surface area contributed by atoms with Gasteiger partial charge < -0.3 is 10.2 Å². The van der Waals surface area contributed by atoms with Crippen LogP contribution in [0.4, 0.5) is 0 Å². The number of rotatable bonds is 11. The third kappa shape index (κ3) is 7.97. The van der Waals surface area contributed by atoms with Crippen LogP contribution in [0.2, 0.25) is 0 Å². The van der Waals surface area contributed by atoms with Crippen LogP contribution in [-0.2, 0) is 26.2 Å². The minimum absolute atomic E-state index is 0.0901. The maximum Gasteiger partial charge on any atom is 0.242 e. The van der Waals surface area contributed by atoms with Gasteiger partial charge in [0, 0.05) is 26.0 Å². The molecule has 0 spiro atoms. The lowest BCUT2D eigenvalue weighted by Gasteiger charge is -2.20. The van der Waals surface area contributed by atoms with E-state index < -0.39 is 22.0 Å². The standard InChI is InChI=1S/C21H28N4O4S2/c1-16-6-8-18(9-7-16)31(28,29)24-19(10-12-30-3)21(27)23-14-20(26)25(2)15-17-5-4-11-22-13-17/h4-9,11,13,19,24H,10,12,14-15H2,1-3H3,(H,23,27)/t19-/m0/s1. The number of pyridine rings is 1. The molecular weight excluding hydrogens is 436 g/mol. The van der Waals surface area contributed by atoms with Crippen molar-refractivity contribution >= 4 is 33.6 Å². The number of thioether (sulfide) groups is 1. The Morgan fingerprint density at radius 1 is 1.19 bits per heavy atom. The van der Waals surface area contributed by atoms with Crippen molar-refractivity contribution in [2.75, 3.05) is 25.6 Å². The number of carbonyl (C=O) groups is 2. The van der Waals surface area contributed by atoms with Gasteiger partial charge >= 0.3 is 0 Å². The molecule has 8 nitrogen and oxygen atoms in total. The van der Waals surface area contributed by atoms with Crippen LogP contribution in [0.25, 0.3) is 0 Å². The normalized spacial score (nSPS) is 12.2. The van der Waals surface area contributed by atoms with Gasteiger partial charge in [-0.1, -0.05) is 23.8 Å². The number of likely N-dealkylation sites (N-methyl/N-ethyl adjacent to an activating group) is 1. The molecule has 0 aliphatic rings. The fourth-order valence-corrected chi connectivity index (χ4v) is 4.43. The largest absolute Gasteiger partial charge is 0.346 e. The third-order valence-corrected chi connectivity index (χ3v) is 6.67. The molecule has 0 bridgehead atoms. The predicted molar refractivity (Wildman–Crippen MR) is 122 cm³/mol. The Balaban J connectivity index is 1.98. The summed E-state index contributed by atoms with van der Waals surface area (Å²) in [6, 6.07) is 9.05. The smallest absolute Gasteiger partial charge is 0.242 e. The van der Waals surface area contributed by atoms with Crippen LogP contribution >= 0.6 is 11.8 Å². The second-order valence-electron chi connectivity index (χ2n) is 7.10. The zero-order chi connectivity index (χ0) is 22.9. The highest BCUT2D eigenvalue weighted by atomic mass is 32.2. The first-order valence-electron chi connectivity index (χ1n) is 9.71. The number of hydrogen-bond acceptors (Lipinski definition) is 6. The van der Waals surface area contributed by atoms with Crippen molar-refractivity contribution in [2.24, 2.45) is 0 Å². The van der Waals surface area contributed by atoms with E-state index in [0.29, 0.717) is 18.7 Å². The van der Waals surface area contributed by atoms with Crippen LogP contribution < -0.4 is 10.0 Å². The average Bonchev–Trinajstić information content (AvgIpc) is 2.75. The fraction of sp³-hybridized carbons (Fsp3) is 0.381. The second kappa shape index (κ2) is 11.8. The molecule has 1 heterocycles. The number of benzene rings is 1. The maximum atomic E-state index is 12.7. The van der Waals surface area contributed by atoms with Gasteiger partial charge in [0.25, 0.3) is 0 Å². The number of nitrogens with one attached hydrogen (secondary N) is 2. The van der Waals surface area contributed by atoms with Crippen LogP contribution in [0.1, 0.15) is 17.5 Å². The van der Waals surface area contributed by atoms with Gasteiger partial charge in [-0.25, -0.2) is 8.42 Å². The number of sulfonamides is 1. The van der Waals surface area contributed by atoms with Crippen LogP contribution in [-0.4, -0.2) is 61.8 Å². The number of nitrogens with zero attached hydrogens (tertiary/aromatic N) is 2. The second-order valence-corrected chi connectivity index (χ2v) is 9.80. The van der Waals surface area contributed by atoms with Gasteiger partial charge in [-0.05, 0) is 49.1 Å². The van der Waals surface area contributed by atoms with Crippen molar-refractivity contribution in [3.8, 4) is 0 Å². The molecule has 1 aromatic heterocycles. The SMILES string of the molecule is CSCC[C@H](NS(=O)(=O)c1ccc(C)cc1)C(=O)NCC(=O)N(C)Cc1cccnc1. The molecule has 31 heavy (non-hydrogen) atoms. The van der Waals surface area contributed by atoms with E-state index >= 15 is 0 Å². The topological polar surface area (TPSA) is 108 Å². The zero-order valence-corrected chi connectivity index (χ0v) is 19.5. The van der Waals surface area contributed by atoms with Crippen molar-refractivity contribution in [3.63, 3.8) is 0 Å². The van der Waals surface area contributed by atoms with E-state index in [1.807, 2.05) is 19.2 Å². The molecule has 0 fully saturated rings. The molecule has 0 radical (unpaired) electrons. The lowest BCUT2D eigenvalue weighted by molar-refractivity contribution is -0.132. The quantitative estimate of drug-likeness (QED) is 0.523. The molecule has 2 aromatic rings.